The second-order valence-electron chi connectivity index (χ2n) is 32.2. The molecule has 4 heterocycles. The van der Waals surface area contributed by atoms with E-state index in [1.807, 2.05) is 22.3 Å². The van der Waals surface area contributed by atoms with Crippen molar-refractivity contribution in [1.29, 1.82) is 0 Å². The lowest BCUT2D eigenvalue weighted by molar-refractivity contribution is -0.190. The molecule has 10 heteroatoms. The predicted molar refractivity (Wildman–Crippen MR) is 330 cm³/mol. The van der Waals surface area contributed by atoms with E-state index >= 15 is 0 Å². The van der Waals surface area contributed by atoms with Crippen LogP contribution in [0.2, 0.25) is 0 Å². The zero-order chi connectivity index (χ0) is 53.8. The Morgan fingerprint density at radius 3 is 1.42 bits per heavy atom. The Hall–Kier alpha value is -1.27. The Bertz CT molecular complexity index is 2920. The molecule has 1 aromatic rings. The van der Waals surface area contributed by atoms with Gasteiger partial charge in [0, 0.05) is 48.2 Å². The smallest absolute Gasteiger partial charge is 0.203 e. The molecular formula is C73H95NO6S3. The zero-order valence-electron chi connectivity index (χ0n) is 49.8. The largest absolute Gasteiger partial charge is 0.489 e. The van der Waals surface area contributed by atoms with Crippen LogP contribution >= 0.6 is 35.3 Å². The van der Waals surface area contributed by atoms with Gasteiger partial charge in [-0.3, -0.25) is 4.90 Å². The molecule has 0 N–H and O–H groups in total. The van der Waals surface area contributed by atoms with Crippen LogP contribution in [0.1, 0.15) is 121 Å². The average Bonchev–Trinajstić information content (AvgIpc) is 1.42. The van der Waals surface area contributed by atoms with Crippen LogP contribution < -0.4 is 14.2 Å². The summed E-state index contributed by atoms with van der Waals surface area (Å²) in [6.45, 7) is 5.30. The van der Waals surface area contributed by atoms with Gasteiger partial charge in [-0.1, -0.05) is 23.3 Å². The molecular weight excluding hydrogens is 1080 g/mol. The van der Waals surface area contributed by atoms with E-state index in [9.17, 15) is 0 Å². The van der Waals surface area contributed by atoms with Crippen LogP contribution in [-0.2, 0) is 14.2 Å². The second kappa shape index (κ2) is 18.9. The number of rotatable bonds is 19. The molecule has 13 saturated carbocycles. The second-order valence-corrected chi connectivity index (χ2v) is 35.9. The molecule has 7 nitrogen and oxygen atoms in total. The summed E-state index contributed by atoms with van der Waals surface area (Å²) in [4.78, 5) is 3.05. The van der Waals surface area contributed by atoms with Crippen LogP contribution in [0.25, 0.3) is 0 Å². The summed E-state index contributed by atoms with van der Waals surface area (Å²) < 4.78 is 42.0. The standard InChI is InChI=1S/C73H95NO6S3/c1-74-35-72-48-14-15-49-46-12-10-44-42-8-6-40-39-5-7-41-43-9-11-45(48)57-55(43)60-53(41)51(39)59-52(40)54(42)61-56(44)58(46)68(66-64(61)62(59)63(60)65(66)67(57)72)73(49,72)71(74)47-13-16-50(78-26-2-23-75-36-17-29-81-30-18-36)70(80-28-4-25-77-38-21-33-83-34-22-38)69(47)79-27-3-24-76-37-19-31-82-32-20-37/h13-16,36-44,51-68,71H,2-12,17-35H2,1H3. The first kappa shape index (κ1) is 51.5. The van der Waals surface area contributed by atoms with E-state index in [0.717, 1.165) is 198 Å². The van der Waals surface area contributed by atoms with Gasteiger partial charge in [0.05, 0.1) is 58.0 Å². The van der Waals surface area contributed by atoms with Gasteiger partial charge in [-0.15, -0.1) is 0 Å². The lowest BCUT2D eigenvalue weighted by atomic mass is 9.33. The molecule has 17 fully saturated rings. The van der Waals surface area contributed by atoms with Crippen molar-refractivity contribution < 1.29 is 28.4 Å². The number of hydrogen-bond donors (Lipinski definition) is 0. The minimum absolute atomic E-state index is 0.0396. The molecule has 21 rings (SSSR count). The van der Waals surface area contributed by atoms with Gasteiger partial charge in [-0.25, -0.2) is 0 Å². The van der Waals surface area contributed by atoms with Gasteiger partial charge in [0.25, 0.3) is 0 Å². The Morgan fingerprint density at radius 2 is 0.867 bits per heavy atom. The number of ether oxygens (including phenoxy) is 6. The maximum atomic E-state index is 7.70. The maximum Gasteiger partial charge on any atom is 0.203 e. The highest BCUT2D eigenvalue weighted by Crippen LogP contribution is 2.96. The van der Waals surface area contributed by atoms with Gasteiger partial charge in [0.2, 0.25) is 5.75 Å². The third-order valence-corrected chi connectivity index (χ3v) is 34.1. The number of thioether (sulfide) groups is 3. The topological polar surface area (TPSA) is 58.6 Å². The Labute approximate surface area is 509 Å². The minimum atomic E-state index is 0.0396. The summed E-state index contributed by atoms with van der Waals surface area (Å²) in [5.74, 6) is 33.8. The third kappa shape index (κ3) is 6.35. The Balaban J connectivity index is 0.725. The van der Waals surface area contributed by atoms with Crippen molar-refractivity contribution in [2.24, 2.45) is 153 Å². The van der Waals surface area contributed by atoms with Crippen molar-refractivity contribution in [3.63, 3.8) is 0 Å². The van der Waals surface area contributed by atoms with E-state index in [-0.39, 0.29) is 16.9 Å². The molecule has 0 radical (unpaired) electrons. The number of nitrogens with zero attached hydrogens (tertiary/aromatic N) is 1. The summed E-state index contributed by atoms with van der Waals surface area (Å²) in [6, 6.07) is 5.20. The molecule has 27 unspecified atom stereocenters. The van der Waals surface area contributed by atoms with Crippen molar-refractivity contribution in [2.45, 2.75) is 134 Å². The fourth-order valence-electron chi connectivity index (χ4n) is 30.6. The quantitative estimate of drug-likeness (QED) is 0.125. The molecule has 83 heavy (non-hydrogen) atoms. The maximum absolute atomic E-state index is 7.70. The van der Waals surface area contributed by atoms with Gasteiger partial charge in [-0.05, 0) is 297 Å². The van der Waals surface area contributed by atoms with E-state index in [1.54, 1.807) is 25.7 Å². The van der Waals surface area contributed by atoms with Crippen LogP contribution in [0.5, 0.6) is 17.2 Å². The molecule has 0 bridgehead atoms. The van der Waals surface area contributed by atoms with Crippen LogP contribution in [-0.4, -0.2) is 111 Å². The first-order valence-electron chi connectivity index (χ1n) is 35.7. The Kier molecular flexibility index (Phi) is 11.7. The van der Waals surface area contributed by atoms with E-state index in [0.29, 0.717) is 38.1 Å². The van der Waals surface area contributed by atoms with Crippen LogP contribution in [0.15, 0.2) is 46.6 Å². The number of hydrogen-bond acceptors (Lipinski definition) is 10. The molecule has 1 aromatic carbocycles. The fraction of sp³-hybridized carbons (Fsp3) is 0.836. The monoisotopic (exact) mass is 1180 g/mol. The van der Waals surface area contributed by atoms with E-state index in [4.69, 9.17) is 28.4 Å². The number of benzene rings is 1. The van der Waals surface area contributed by atoms with E-state index < -0.39 is 0 Å². The third-order valence-electron chi connectivity index (χ3n) is 30.9. The molecule has 16 aliphatic carbocycles. The molecule has 20 aliphatic rings. The molecule has 0 aromatic heterocycles. The molecule has 0 amide bonds. The van der Waals surface area contributed by atoms with Crippen LogP contribution in [0.3, 0.4) is 0 Å². The van der Waals surface area contributed by atoms with Gasteiger partial charge < -0.3 is 28.4 Å². The highest BCUT2D eigenvalue weighted by molar-refractivity contribution is 7.99. The first-order valence-corrected chi connectivity index (χ1v) is 39.1. The zero-order valence-corrected chi connectivity index (χ0v) is 52.3. The molecule has 4 aliphatic heterocycles. The van der Waals surface area contributed by atoms with Gasteiger partial charge in [-0.2, -0.15) is 35.3 Å². The van der Waals surface area contributed by atoms with Crippen molar-refractivity contribution in [3.05, 3.63) is 52.1 Å². The predicted octanol–water partition coefficient (Wildman–Crippen LogP) is 14.0. The van der Waals surface area contributed by atoms with Crippen molar-refractivity contribution >= 4 is 35.3 Å². The SMILES string of the molecule is CN1CC23C4=C5CCC6C7CCC8C9CCC%10C%11CCC%12=C(C=C4)C2(C2C%12C%11C4C%10C9C9C8C7C7C6C5C3C3C7C9C4C32)C1c1ccc(OCCCOC2CCSCC2)c(OCCCOC2CCSCC2)c1OCCCOC1CCSCC1. The summed E-state index contributed by atoms with van der Waals surface area (Å²) in [5, 5.41) is 0. The van der Waals surface area contributed by atoms with Crippen molar-refractivity contribution in [1.82, 2.24) is 4.90 Å². The highest BCUT2D eigenvalue weighted by atomic mass is 32.2. The molecule has 2 spiro atoms. The highest BCUT2D eigenvalue weighted by Gasteiger charge is 2.93. The first-order chi connectivity index (χ1) is 41.2. The Morgan fingerprint density at radius 1 is 0.434 bits per heavy atom. The van der Waals surface area contributed by atoms with Crippen molar-refractivity contribution in [2.75, 3.05) is 87.8 Å². The molecule has 4 saturated heterocycles. The van der Waals surface area contributed by atoms with Gasteiger partial charge in [0.15, 0.2) is 11.5 Å². The summed E-state index contributed by atoms with van der Waals surface area (Å²) in [5.41, 5.74) is 9.54. The van der Waals surface area contributed by atoms with E-state index in [2.05, 4.69) is 71.5 Å². The number of fused-ring (bicyclic) bond motifs is 3. The lowest BCUT2D eigenvalue weighted by Gasteiger charge is -2.69. The number of likely N-dealkylation sites (tertiary alicyclic amines) is 1. The summed E-state index contributed by atoms with van der Waals surface area (Å²) in [7, 11) is 2.65. The van der Waals surface area contributed by atoms with Gasteiger partial charge in [0.1, 0.15) is 0 Å². The minimum Gasteiger partial charge on any atom is -0.489 e. The summed E-state index contributed by atoms with van der Waals surface area (Å²) >= 11 is 6.25. The lowest BCUT2D eigenvalue weighted by Crippen LogP contribution is -2.67. The normalized spacial score (nSPS) is 51.9. The summed E-state index contributed by atoms with van der Waals surface area (Å²) in [6.07, 6.45) is 28.9. The average molecular weight is 1180 g/mol. The molecule has 27 atom stereocenters. The van der Waals surface area contributed by atoms with Crippen molar-refractivity contribution in [3.8, 4) is 17.2 Å². The van der Waals surface area contributed by atoms with E-state index in [1.165, 1.54) is 111 Å². The molecule has 446 valence electrons. The van der Waals surface area contributed by atoms with Gasteiger partial charge >= 0.3 is 0 Å². The van der Waals surface area contributed by atoms with Crippen LogP contribution in [0, 0.1) is 153 Å². The number of allylic oxidation sites excluding steroid dienone is 4. The fourth-order valence-corrected chi connectivity index (χ4v) is 33.8. The van der Waals surface area contributed by atoms with Crippen LogP contribution in [0.4, 0.5) is 0 Å².